The Balaban J connectivity index is 2.57. The molecule has 1 heteroatoms. The predicted molar refractivity (Wildman–Crippen MR) is 77.2 cm³/mol. The van der Waals surface area contributed by atoms with E-state index in [1.165, 1.54) is 16.7 Å². The van der Waals surface area contributed by atoms with E-state index in [4.69, 9.17) is 0 Å². The van der Waals surface area contributed by atoms with Crippen molar-refractivity contribution in [2.45, 2.75) is 34.1 Å². The zero-order chi connectivity index (χ0) is 12.7. The number of nitrogens with one attached hydrogen (secondary N) is 1. The molecular weight excluding hydrogens is 206 g/mol. The topological polar surface area (TPSA) is 12.0 Å². The maximum atomic E-state index is 3.50. The monoisotopic (exact) mass is 231 g/mol. The summed E-state index contributed by atoms with van der Waals surface area (Å²) in [5.74, 6) is 0.715. The predicted octanol–water partition coefficient (Wildman–Crippen LogP) is 4.03. The highest BCUT2D eigenvalue weighted by atomic mass is 14.9. The van der Waals surface area contributed by atoms with E-state index in [1.54, 1.807) is 0 Å². The Bertz CT molecular complexity index is 346. The highest BCUT2D eigenvalue weighted by molar-refractivity contribution is 5.53. The summed E-state index contributed by atoms with van der Waals surface area (Å²) in [4.78, 5) is 0. The van der Waals surface area contributed by atoms with Gasteiger partial charge < -0.3 is 5.32 Å². The molecule has 0 saturated carbocycles. The van der Waals surface area contributed by atoms with Crippen LogP contribution < -0.4 is 5.32 Å². The van der Waals surface area contributed by atoms with Crippen molar-refractivity contribution in [3.8, 4) is 0 Å². The summed E-state index contributed by atoms with van der Waals surface area (Å²) in [7, 11) is 0. The standard InChI is InChI=1S/C16H25N/c1-5-15(12-17-11-13(2)3)10-16-8-6-14(4)7-9-16/h6-10,13,17H,5,11-12H2,1-4H3. The Labute approximate surface area is 106 Å². The largest absolute Gasteiger partial charge is 0.313 e. The Hall–Kier alpha value is -1.08. The van der Waals surface area contributed by atoms with Gasteiger partial charge in [0.1, 0.15) is 0 Å². The average Bonchev–Trinajstić information content (AvgIpc) is 2.30. The molecule has 0 bridgehead atoms. The number of benzene rings is 1. The zero-order valence-corrected chi connectivity index (χ0v) is 11.6. The van der Waals surface area contributed by atoms with Crippen LogP contribution in [0.25, 0.3) is 6.08 Å². The van der Waals surface area contributed by atoms with Gasteiger partial charge in [-0.3, -0.25) is 0 Å². The molecule has 94 valence electrons. The lowest BCUT2D eigenvalue weighted by molar-refractivity contribution is 0.569. The van der Waals surface area contributed by atoms with E-state index in [2.05, 4.69) is 63.4 Å². The molecule has 1 aromatic rings. The molecule has 1 aromatic carbocycles. The average molecular weight is 231 g/mol. The maximum absolute atomic E-state index is 3.50. The fourth-order valence-electron chi connectivity index (χ4n) is 1.70. The Morgan fingerprint density at radius 1 is 1.24 bits per heavy atom. The highest BCUT2D eigenvalue weighted by Gasteiger charge is 1.97. The molecule has 0 fully saturated rings. The Kier molecular flexibility index (Phi) is 5.99. The minimum Gasteiger partial charge on any atom is -0.313 e. The second-order valence-electron chi connectivity index (χ2n) is 5.09. The van der Waals surface area contributed by atoms with E-state index >= 15 is 0 Å². The minimum atomic E-state index is 0.715. The van der Waals surface area contributed by atoms with Crippen LogP contribution >= 0.6 is 0 Å². The van der Waals surface area contributed by atoms with Crippen molar-refractivity contribution in [2.24, 2.45) is 5.92 Å². The third-order valence-corrected chi connectivity index (χ3v) is 2.81. The molecule has 0 spiro atoms. The lowest BCUT2D eigenvalue weighted by atomic mass is 10.1. The highest BCUT2D eigenvalue weighted by Crippen LogP contribution is 2.10. The summed E-state index contributed by atoms with van der Waals surface area (Å²) in [6.07, 6.45) is 3.41. The molecule has 0 aliphatic rings. The molecule has 1 nitrogen and oxygen atoms in total. The van der Waals surface area contributed by atoms with Gasteiger partial charge in [-0.2, -0.15) is 0 Å². The SMILES string of the molecule is CCC(=Cc1ccc(C)cc1)CNCC(C)C. The minimum absolute atomic E-state index is 0.715. The van der Waals surface area contributed by atoms with Gasteiger partial charge in [-0.25, -0.2) is 0 Å². The first-order valence-electron chi connectivity index (χ1n) is 6.58. The maximum Gasteiger partial charge on any atom is 0.0167 e. The lowest BCUT2D eigenvalue weighted by Gasteiger charge is -2.09. The molecule has 0 amide bonds. The van der Waals surface area contributed by atoms with Gasteiger partial charge in [0.2, 0.25) is 0 Å². The summed E-state index contributed by atoms with van der Waals surface area (Å²) < 4.78 is 0. The molecule has 0 atom stereocenters. The molecule has 0 unspecified atom stereocenters. The van der Waals surface area contributed by atoms with Gasteiger partial charge in [0.15, 0.2) is 0 Å². The molecule has 0 aliphatic heterocycles. The van der Waals surface area contributed by atoms with Gasteiger partial charge in [0.25, 0.3) is 0 Å². The van der Waals surface area contributed by atoms with Crippen molar-refractivity contribution in [3.63, 3.8) is 0 Å². The molecule has 0 radical (unpaired) electrons. The number of rotatable bonds is 6. The van der Waals surface area contributed by atoms with E-state index in [1.807, 2.05) is 0 Å². The lowest BCUT2D eigenvalue weighted by Crippen LogP contribution is -2.21. The van der Waals surface area contributed by atoms with E-state index < -0.39 is 0 Å². The Morgan fingerprint density at radius 3 is 2.41 bits per heavy atom. The van der Waals surface area contributed by atoms with Crippen LogP contribution in [-0.2, 0) is 0 Å². The van der Waals surface area contributed by atoms with Crippen molar-refractivity contribution in [1.29, 1.82) is 0 Å². The fraction of sp³-hybridized carbons (Fsp3) is 0.500. The van der Waals surface area contributed by atoms with E-state index in [0.29, 0.717) is 5.92 Å². The molecule has 0 heterocycles. The van der Waals surface area contributed by atoms with Crippen LogP contribution in [0, 0.1) is 12.8 Å². The van der Waals surface area contributed by atoms with Gasteiger partial charge >= 0.3 is 0 Å². The van der Waals surface area contributed by atoms with Crippen molar-refractivity contribution in [2.75, 3.05) is 13.1 Å². The first-order chi connectivity index (χ1) is 8.11. The van der Waals surface area contributed by atoms with Gasteiger partial charge in [0.05, 0.1) is 0 Å². The van der Waals surface area contributed by atoms with Crippen LogP contribution in [-0.4, -0.2) is 13.1 Å². The quantitative estimate of drug-likeness (QED) is 0.779. The normalized spacial score (nSPS) is 12.2. The van der Waals surface area contributed by atoms with Crippen molar-refractivity contribution in [3.05, 3.63) is 41.0 Å². The van der Waals surface area contributed by atoms with Gasteiger partial charge in [-0.05, 0) is 31.4 Å². The van der Waals surface area contributed by atoms with Crippen LogP contribution in [0.2, 0.25) is 0 Å². The molecule has 0 aromatic heterocycles. The van der Waals surface area contributed by atoms with Gasteiger partial charge in [-0.1, -0.05) is 62.2 Å². The zero-order valence-electron chi connectivity index (χ0n) is 11.6. The Morgan fingerprint density at radius 2 is 1.88 bits per heavy atom. The second-order valence-corrected chi connectivity index (χ2v) is 5.09. The summed E-state index contributed by atoms with van der Waals surface area (Å²) in [6, 6.07) is 8.71. The molecule has 0 saturated heterocycles. The second kappa shape index (κ2) is 7.29. The molecule has 0 aliphatic carbocycles. The summed E-state index contributed by atoms with van der Waals surface area (Å²) >= 11 is 0. The first-order valence-corrected chi connectivity index (χ1v) is 6.58. The molecular formula is C16H25N. The third kappa shape index (κ3) is 5.69. The van der Waals surface area contributed by atoms with Crippen LogP contribution in [0.15, 0.2) is 29.8 Å². The number of aryl methyl sites for hydroxylation is 1. The first kappa shape index (κ1) is 14.0. The number of hydrogen-bond acceptors (Lipinski definition) is 1. The van der Waals surface area contributed by atoms with Crippen LogP contribution in [0.3, 0.4) is 0 Å². The van der Waals surface area contributed by atoms with Crippen molar-refractivity contribution < 1.29 is 0 Å². The third-order valence-electron chi connectivity index (χ3n) is 2.81. The summed E-state index contributed by atoms with van der Waals surface area (Å²) in [5, 5.41) is 3.50. The summed E-state index contributed by atoms with van der Waals surface area (Å²) in [5.41, 5.74) is 4.09. The van der Waals surface area contributed by atoms with Crippen LogP contribution in [0.4, 0.5) is 0 Å². The van der Waals surface area contributed by atoms with E-state index in [-0.39, 0.29) is 0 Å². The number of hydrogen-bond donors (Lipinski definition) is 1. The van der Waals surface area contributed by atoms with Crippen molar-refractivity contribution in [1.82, 2.24) is 5.32 Å². The molecule has 17 heavy (non-hydrogen) atoms. The van der Waals surface area contributed by atoms with Gasteiger partial charge in [-0.15, -0.1) is 0 Å². The van der Waals surface area contributed by atoms with E-state index in [0.717, 1.165) is 19.5 Å². The smallest absolute Gasteiger partial charge is 0.0167 e. The summed E-state index contributed by atoms with van der Waals surface area (Å²) in [6.45, 7) is 10.9. The molecule has 1 N–H and O–H groups in total. The van der Waals surface area contributed by atoms with Crippen molar-refractivity contribution >= 4 is 6.08 Å². The fourth-order valence-corrected chi connectivity index (χ4v) is 1.70. The van der Waals surface area contributed by atoms with E-state index in [9.17, 15) is 0 Å². The molecule has 1 rings (SSSR count). The van der Waals surface area contributed by atoms with Gasteiger partial charge in [0, 0.05) is 6.54 Å². The van der Waals surface area contributed by atoms with Crippen LogP contribution in [0.5, 0.6) is 0 Å². The van der Waals surface area contributed by atoms with Crippen LogP contribution in [0.1, 0.15) is 38.3 Å².